The Hall–Kier alpha value is -3.55. The van der Waals surface area contributed by atoms with E-state index in [9.17, 15) is 13.5 Å². The van der Waals surface area contributed by atoms with E-state index in [1.54, 1.807) is 31.2 Å². The van der Waals surface area contributed by atoms with Crippen LogP contribution in [0.5, 0.6) is 23.0 Å². The van der Waals surface area contributed by atoms with Crippen LogP contribution in [0.15, 0.2) is 77.7 Å². The summed E-state index contributed by atoms with van der Waals surface area (Å²) < 4.78 is 36.7. The van der Waals surface area contributed by atoms with Gasteiger partial charge in [-0.1, -0.05) is 24.6 Å². The Labute approximate surface area is 224 Å². The van der Waals surface area contributed by atoms with E-state index in [2.05, 4.69) is 5.32 Å². The first-order chi connectivity index (χ1) is 18.3. The van der Waals surface area contributed by atoms with Gasteiger partial charge in [0.05, 0.1) is 11.5 Å². The average Bonchev–Trinajstić information content (AvgIpc) is 2.89. The molecule has 1 aliphatic heterocycles. The first kappa shape index (κ1) is 26.1. The molecule has 38 heavy (non-hydrogen) atoms. The monoisotopic (exact) mass is 531 g/mol. The number of benzene rings is 4. The van der Waals surface area contributed by atoms with Gasteiger partial charge in [-0.25, -0.2) is 8.42 Å². The second-order valence-corrected chi connectivity index (χ2v) is 11.9. The molecule has 1 aliphatic rings. The fourth-order valence-electron chi connectivity index (χ4n) is 5.07. The van der Waals surface area contributed by atoms with Crippen LogP contribution in [0, 0.1) is 6.92 Å². The molecule has 5 rings (SSSR count). The number of hydrogen-bond donors (Lipinski definition) is 2. The maximum Gasteiger partial charge on any atom is 0.175 e. The number of nitrogens with one attached hydrogen (secondary N) is 1. The molecule has 1 unspecified atom stereocenters. The molecule has 7 heteroatoms. The van der Waals surface area contributed by atoms with E-state index < -0.39 is 9.84 Å². The van der Waals surface area contributed by atoms with Crippen molar-refractivity contribution < 1.29 is 23.0 Å². The van der Waals surface area contributed by atoms with Crippen LogP contribution in [0.3, 0.4) is 0 Å². The van der Waals surface area contributed by atoms with Crippen molar-refractivity contribution in [1.82, 2.24) is 5.32 Å². The highest BCUT2D eigenvalue weighted by atomic mass is 32.2. The Morgan fingerprint density at radius 3 is 2.45 bits per heavy atom. The second kappa shape index (κ2) is 11.1. The van der Waals surface area contributed by atoms with Crippen LogP contribution in [-0.4, -0.2) is 39.0 Å². The van der Waals surface area contributed by atoms with E-state index in [1.165, 1.54) is 25.5 Å². The lowest BCUT2D eigenvalue weighted by Crippen LogP contribution is -2.35. The van der Waals surface area contributed by atoms with Crippen LogP contribution >= 0.6 is 0 Å². The number of ether oxygens (including phenoxy) is 2. The summed E-state index contributed by atoms with van der Waals surface area (Å²) in [5.74, 6) is 2.25. The lowest BCUT2D eigenvalue weighted by atomic mass is 9.98. The molecule has 0 aromatic heterocycles. The van der Waals surface area contributed by atoms with Gasteiger partial charge in [-0.15, -0.1) is 0 Å². The first-order valence-electron chi connectivity index (χ1n) is 13.0. The number of rotatable bonds is 8. The largest absolute Gasteiger partial charge is 0.508 e. The van der Waals surface area contributed by atoms with Crippen molar-refractivity contribution in [3.05, 3.63) is 78.4 Å². The number of sulfone groups is 1. The van der Waals surface area contributed by atoms with Gasteiger partial charge in [-0.2, -0.15) is 0 Å². The third-order valence-corrected chi connectivity index (χ3v) is 8.29. The third-order valence-electron chi connectivity index (χ3n) is 7.03. The predicted octanol–water partition coefficient (Wildman–Crippen LogP) is 6.63. The van der Waals surface area contributed by atoms with Gasteiger partial charge in [0.2, 0.25) is 0 Å². The number of fused-ring (bicyclic) bond motifs is 1. The van der Waals surface area contributed by atoms with Gasteiger partial charge in [-0.3, -0.25) is 0 Å². The number of piperidine rings is 1. The van der Waals surface area contributed by atoms with Gasteiger partial charge in [0.1, 0.15) is 23.0 Å². The summed E-state index contributed by atoms with van der Waals surface area (Å²) in [6.07, 6.45) is 5.94. The van der Waals surface area contributed by atoms with Crippen LogP contribution in [-0.2, 0) is 9.84 Å². The summed E-state index contributed by atoms with van der Waals surface area (Å²) in [6, 6.07) is 22.4. The fraction of sp³-hybridized carbons (Fsp3) is 0.290. The van der Waals surface area contributed by atoms with Gasteiger partial charge in [0, 0.05) is 23.2 Å². The molecule has 6 nitrogen and oxygen atoms in total. The quantitative estimate of drug-likeness (QED) is 0.266. The minimum Gasteiger partial charge on any atom is -0.508 e. The van der Waals surface area contributed by atoms with Crippen molar-refractivity contribution in [2.24, 2.45) is 0 Å². The first-order valence-corrected chi connectivity index (χ1v) is 14.9. The lowest BCUT2D eigenvalue weighted by molar-refractivity contribution is 0.268. The van der Waals surface area contributed by atoms with Crippen molar-refractivity contribution in [1.29, 1.82) is 0 Å². The highest BCUT2D eigenvalue weighted by Crippen LogP contribution is 2.41. The molecular weight excluding hydrogens is 498 g/mol. The molecule has 1 heterocycles. The van der Waals surface area contributed by atoms with Crippen molar-refractivity contribution in [3.63, 3.8) is 0 Å². The predicted molar refractivity (Wildman–Crippen MR) is 151 cm³/mol. The zero-order valence-corrected chi connectivity index (χ0v) is 22.6. The number of hydrogen-bond acceptors (Lipinski definition) is 6. The Bertz CT molecular complexity index is 1540. The van der Waals surface area contributed by atoms with Crippen molar-refractivity contribution in [3.8, 4) is 34.1 Å². The number of aryl methyl sites for hydroxylation is 1. The summed E-state index contributed by atoms with van der Waals surface area (Å²) in [5.41, 5.74) is 2.34. The topological polar surface area (TPSA) is 84.9 Å². The van der Waals surface area contributed by atoms with E-state index in [0.29, 0.717) is 34.6 Å². The summed E-state index contributed by atoms with van der Waals surface area (Å²) in [6.45, 7) is 3.55. The van der Waals surface area contributed by atoms with Crippen molar-refractivity contribution in [2.45, 2.75) is 43.5 Å². The molecule has 0 amide bonds. The summed E-state index contributed by atoms with van der Waals surface area (Å²) >= 11 is 0. The standard InChI is InChI=1S/C31H33NO5S/c1-21-19-22(7-15-30(21)38(2,34)35)28-13-6-23-20-25(33)8-14-29(23)31(28)37-27-11-9-26(10-12-27)36-18-16-24-5-3-4-17-32-24/h6-15,19-20,24,32-33H,3-5,16-18H2,1-2H3. The van der Waals surface area contributed by atoms with Crippen LogP contribution in [0.25, 0.3) is 21.9 Å². The maximum atomic E-state index is 12.1. The summed E-state index contributed by atoms with van der Waals surface area (Å²) in [5, 5.41) is 15.2. The molecule has 4 aromatic carbocycles. The molecule has 2 N–H and O–H groups in total. The SMILES string of the molecule is Cc1cc(-c2ccc3cc(O)ccc3c2Oc2ccc(OCCC3CCCCN3)cc2)ccc1S(C)(=O)=O. The molecule has 198 valence electrons. The molecule has 0 radical (unpaired) electrons. The molecular formula is C31H33NO5S. The van der Waals surface area contributed by atoms with Gasteiger partial charge in [0.25, 0.3) is 0 Å². The Morgan fingerprint density at radius 2 is 1.74 bits per heavy atom. The number of aromatic hydroxyl groups is 1. The summed E-state index contributed by atoms with van der Waals surface area (Å²) in [7, 11) is -3.32. The maximum absolute atomic E-state index is 12.1. The lowest BCUT2D eigenvalue weighted by Gasteiger charge is -2.23. The Morgan fingerprint density at radius 1 is 0.947 bits per heavy atom. The third kappa shape index (κ3) is 5.95. The Balaban J connectivity index is 1.42. The minimum absolute atomic E-state index is 0.175. The van der Waals surface area contributed by atoms with E-state index in [-0.39, 0.29) is 5.75 Å². The van der Waals surface area contributed by atoms with E-state index >= 15 is 0 Å². The zero-order valence-electron chi connectivity index (χ0n) is 21.7. The molecule has 4 aromatic rings. The molecule has 0 aliphatic carbocycles. The van der Waals surface area contributed by atoms with Gasteiger partial charge >= 0.3 is 0 Å². The average molecular weight is 532 g/mol. The zero-order chi connectivity index (χ0) is 26.7. The molecule has 0 spiro atoms. The summed E-state index contributed by atoms with van der Waals surface area (Å²) in [4.78, 5) is 0.310. The van der Waals surface area contributed by atoms with E-state index in [1.807, 2.05) is 48.5 Å². The molecule has 1 atom stereocenters. The van der Waals surface area contributed by atoms with E-state index in [4.69, 9.17) is 9.47 Å². The normalized spacial score (nSPS) is 15.9. The van der Waals surface area contributed by atoms with Crippen LogP contribution in [0.2, 0.25) is 0 Å². The van der Waals surface area contributed by atoms with E-state index in [0.717, 1.165) is 40.6 Å². The van der Waals surface area contributed by atoms with Crippen molar-refractivity contribution >= 4 is 20.6 Å². The number of phenolic OH excluding ortho intramolecular Hbond substituents is 1. The molecule has 0 bridgehead atoms. The van der Waals surface area contributed by atoms with Gasteiger partial charge < -0.3 is 19.9 Å². The highest BCUT2D eigenvalue weighted by Gasteiger charge is 2.17. The molecule has 1 fully saturated rings. The smallest absolute Gasteiger partial charge is 0.175 e. The fourth-order valence-corrected chi connectivity index (χ4v) is 6.03. The van der Waals surface area contributed by atoms with Crippen LogP contribution in [0.1, 0.15) is 31.2 Å². The minimum atomic E-state index is -3.32. The number of phenols is 1. The highest BCUT2D eigenvalue weighted by molar-refractivity contribution is 7.90. The second-order valence-electron chi connectivity index (χ2n) is 9.96. The van der Waals surface area contributed by atoms with Crippen LogP contribution < -0.4 is 14.8 Å². The molecule has 1 saturated heterocycles. The van der Waals surface area contributed by atoms with Crippen LogP contribution in [0.4, 0.5) is 0 Å². The van der Waals surface area contributed by atoms with Gasteiger partial charge in [0.15, 0.2) is 9.84 Å². The van der Waals surface area contributed by atoms with Crippen molar-refractivity contribution in [2.75, 3.05) is 19.4 Å². The molecule has 0 saturated carbocycles. The Kier molecular flexibility index (Phi) is 7.58. The van der Waals surface area contributed by atoms with Gasteiger partial charge in [-0.05, 0) is 104 Å².